The molecule has 0 unspecified atom stereocenters. The second-order valence-corrected chi connectivity index (χ2v) is 9.11. The third-order valence-electron chi connectivity index (χ3n) is 6.06. The van der Waals surface area contributed by atoms with E-state index in [1.54, 1.807) is 12.0 Å². The van der Waals surface area contributed by atoms with Crippen LogP contribution in [0.4, 0.5) is 5.13 Å². The number of amides is 1. The van der Waals surface area contributed by atoms with E-state index in [-0.39, 0.29) is 12.5 Å². The predicted octanol–water partition coefficient (Wildman–Crippen LogP) is 5.52. The maximum atomic E-state index is 13.4. The highest BCUT2D eigenvalue weighted by atomic mass is 32.1. The van der Waals surface area contributed by atoms with Crippen LogP contribution in [0.15, 0.2) is 54.6 Å². The SMILES string of the molecule is CCN(CC)CCN(C(=O)COc1ccc2ccccc2c1)c1nc2c(OC)ccc(C)c2s1. The summed E-state index contributed by atoms with van der Waals surface area (Å²) < 4.78 is 12.5. The molecule has 0 aliphatic heterocycles. The first-order valence-corrected chi connectivity index (χ1v) is 12.4. The van der Waals surface area contributed by atoms with Gasteiger partial charge in [-0.05, 0) is 54.5 Å². The van der Waals surface area contributed by atoms with Crippen LogP contribution < -0.4 is 14.4 Å². The number of thiazole rings is 1. The van der Waals surface area contributed by atoms with Gasteiger partial charge in [-0.1, -0.05) is 61.6 Å². The van der Waals surface area contributed by atoms with E-state index in [4.69, 9.17) is 14.5 Å². The summed E-state index contributed by atoms with van der Waals surface area (Å²) in [6.07, 6.45) is 0. The first-order valence-electron chi connectivity index (χ1n) is 11.6. The lowest BCUT2D eigenvalue weighted by molar-refractivity contribution is -0.120. The molecule has 6 nitrogen and oxygen atoms in total. The lowest BCUT2D eigenvalue weighted by atomic mass is 10.1. The highest BCUT2D eigenvalue weighted by Gasteiger charge is 2.22. The van der Waals surface area contributed by atoms with Crippen LogP contribution in [0.25, 0.3) is 21.0 Å². The van der Waals surface area contributed by atoms with E-state index in [1.807, 2.05) is 48.5 Å². The second kappa shape index (κ2) is 10.8. The molecule has 0 aliphatic carbocycles. The highest BCUT2D eigenvalue weighted by molar-refractivity contribution is 7.22. The molecule has 34 heavy (non-hydrogen) atoms. The summed E-state index contributed by atoms with van der Waals surface area (Å²) in [4.78, 5) is 22.3. The minimum Gasteiger partial charge on any atom is -0.494 e. The van der Waals surface area contributed by atoms with E-state index in [9.17, 15) is 4.79 Å². The van der Waals surface area contributed by atoms with Gasteiger partial charge < -0.3 is 14.4 Å². The molecule has 7 heteroatoms. The van der Waals surface area contributed by atoms with Gasteiger partial charge in [-0.25, -0.2) is 4.98 Å². The Morgan fingerprint density at radius 1 is 1.00 bits per heavy atom. The van der Waals surface area contributed by atoms with E-state index in [1.165, 1.54) is 11.3 Å². The number of benzene rings is 3. The Morgan fingerprint density at radius 2 is 1.76 bits per heavy atom. The number of rotatable bonds is 10. The molecule has 1 aromatic heterocycles. The molecule has 3 aromatic carbocycles. The second-order valence-electron chi connectivity index (χ2n) is 8.13. The minimum absolute atomic E-state index is 0.0529. The van der Waals surface area contributed by atoms with Crippen molar-refractivity contribution < 1.29 is 14.3 Å². The van der Waals surface area contributed by atoms with E-state index in [2.05, 4.69) is 31.7 Å². The van der Waals surface area contributed by atoms with Crippen molar-refractivity contribution in [2.75, 3.05) is 44.8 Å². The lowest BCUT2D eigenvalue weighted by Gasteiger charge is -2.24. The van der Waals surface area contributed by atoms with Gasteiger partial charge in [0.2, 0.25) is 0 Å². The molecule has 4 rings (SSSR count). The van der Waals surface area contributed by atoms with Gasteiger partial charge >= 0.3 is 0 Å². The topological polar surface area (TPSA) is 54.9 Å². The molecular formula is C27H31N3O3S. The number of anilines is 1. The summed E-state index contributed by atoms with van der Waals surface area (Å²) in [7, 11) is 1.64. The minimum atomic E-state index is -0.115. The third kappa shape index (κ3) is 5.16. The number of ether oxygens (including phenoxy) is 2. The van der Waals surface area contributed by atoms with Crippen LogP contribution in [0.2, 0.25) is 0 Å². The van der Waals surface area contributed by atoms with Crippen LogP contribution in [-0.4, -0.2) is 55.7 Å². The number of carbonyl (C=O) groups is 1. The van der Waals surface area contributed by atoms with Gasteiger partial charge in [0.1, 0.15) is 17.0 Å². The summed E-state index contributed by atoms with van der Waals surface area (Å²) >= 11 is 1.52. The van der Waals surface area contributed by atoms with Crippen LogP contribution in [0.1, 0.15) is 19.4 Å². The lowest BCUT2D eigenvalue weighted by Crippen LogP contribution is -2.41. The Bertz CT molecular complexity index is 1280. The van der Waals surface area contributed by atoms with Crippen molar-refractivity contribution in [3.8, 4) is 11.5 Å². The Morgan fingerprint density at radius 3 is 2.50 bits per heavy atom. The number of hydrogen-bond donors (Lipinski definition) is 0. The summed E-state index contributed by atoms with van der Waals surface area (Å²) in [6, 6.07) is 17.9. The highest BCUT2D eigenvalue weighted by Crippen LogP contribution is 2.36. The average molecular weight is 478 g/mol. The predicted molar refractivity (Wildman–Crippen MR) is 140 cm³/mol. The number of hydrogen-bond acceptors (Lipinski definition) is 6. The van der Waals surface area contributed by atoms with Gasteiger partial charge in [0, 0.05) is 13.1 Å². The average Bonchev–Trinajstić information content (AvgIpc) is 3.31. The van der Waals surface area contributed by atoms with E-state index < -0.39 is 0 Å². The van der Waals surface area contributed by atoms with Gasteiger partial charge in [0.15, 0.2) is 11.7 Å². The van der Waals surface area contributed by atoms with Gasteiger partial charge in [-0.15, -0.1) is 0 Å². The maximum Gasteiger partial charge on any atom is 0.266 e. The molecule has 0 fully saturated rings. The van der Waals surface area contributed by atoms with Crippen molar-refractivity contribution in [2.45, 2.75) is 20.8 Å². The Kier molecular flexibility index (Phi) is 7.65. The zero-order chi connectivity index (χ0) is 24.1. The van der Waals surface area contributed by atoms with Crippen LogP contribution in [-0.2, 0) is 4.79 Å². The first kappa shape index (κ1) is 24.0. The Hall–Kier alpha value is -3.16. The Labute approximate surface area is 204 Å². The zero-order valence-electron chi connectivity index (χ0n) is 20.2. The van der Waals surface area contributed by atoms with Gasteiger partial charge in [-0.2, -0.15) is 0 Å². The van der Waals surface area contributed by atoms with Gasteiger partial charge in [0.25, 0.3) is 5.91 Å². The van der Waals surface area contributed by atoms with Crippen molar-refractivity contribution in [1.82, 2.24) is 9.88 Å². The van der Waals surface area contributed by atoms with Gasteiger partial charge in [0.05, 0.1) is 11.8 Å². The molecular weight excluding hydrogens is 446 g/mol. The summed E-state index contributed by atoms with van der Waals surface area (Å²) in [5.74, 6) is 1.28. The van der Waals surface area contributed by atoms with Crippen LogP contribution >= 0.6 is 11.3 Å². The van der Waals surface area contributed by atoms with E-state index >= 15 is 0 Å². The molecule has 0 radical (unpaired) electrons. The molecule has 178 valence electrons. The van der Waals surface area contributed by atoms with E-state index in [0.717, 1.165) is 46.2 Å². The van der Waals surface area contributed by atoms with Crippen molar-refractivity contribution in [1.29, 1.82) is 0 Å². The third-order valence-corrected chi connectivity index (χ3v) is 7.28. The number of carbonyl (C=O) groups excluding carboxylic acids is 1. The van der Waals surface area contributed by atoms with Crippen LogP contribution in [0, 0.1) is 6.92 Å². The molecule has 0 saturated carbocycles. The first-order chi connectivity index (χ1) is 16.5. The quantitative estimate of drug-likeness (QED) is 0.301. The molecule has 0 N–H and O–H groups in total. The molecule has 4 aromatic rings. The van der Waals surface area contributed by atoms with Crippen molar-refractivity contribution >= 4 is 43.4 Å². The molecule has 0 spiro atoms. The Balaban J connectivity index is 1.59. The van der Waals surface area contributed by atoms with Crippen LogP contribution in [0.5, 0.6) is 11.5 Å². The number of aryl methyl sites for hydroxylation is 1. The number of aromatic nitrogens is 1. The van der Waals surface area contributed by atoms with Crippen molar-refractivity contribution in [3.05, 3.63) is 60.2 Å². The summed E-state index contributed by atoms with van der Waals surface area (Å²) in [5.41, 5.74) is 1.90. The fourth-order valence-electron chi connectivity index (χ4n) is 3.97. The molecule has 1 heterocycles. The molecule has 0 saturated heterocycles. The number of likely N-dealkylation sites (N-methyl/N-ethyl adjacent to an activating group) is 1. The van der Waals surface area contributed by atoms with Crippen molar-refractivity contribution in [2.24, 2.45) is 0 Å². The largest absolute Gasteiger partial charge is 0.494 e. The monoisotopic (exact) mass is 477 g/mol. The smallest absolute Gasteiger partial charge is 0.266 e. The number of methoxy groups -OCH3 is 1. The molecule has 0 atom stereocenters. The number of fused-ring (bicyclic) bond motifs is 2. The van der Waals surface area contributed by atoms with Crippen LogP contribution in [0.3, 0.4) is 0 Å². The van der Waals surface area contributed by atoms with Gasteiger partial charge in [-0.3, -0.25) is 9.69 Å². The fourth-order valence-corrected chi connectivity index (χ4v) is 5.06. The number of nitrogens with zero attached hydrogens (tertiary/aromatic N) is 3. The standard InChI is InChI=1S/C27H31N3O3S/c1-5-29(6-2)15-16-30(27-28-25-23(32-4)14-11-19(3)26(25)34-27)24(31)18-33-22-13-12-20-9-7-8-10-21(20)17-22/h7-14,17H,5-6,15-16,18H2,1-4H3. The molecule has 0 aliphatic rings. The zero-order valence-corrected chi connectivity index (χ0v) is 21.0. The normalized spacial score (nSPS) is 11.3. The fraction of sp³-hybridized carbons (Fsp3) is 0.333. The summed E-state index contributed by atoms with van der Waals surface area (Å²) in [5, 5.41) is 2.89. The van der Waals surface area contributed by atoms with E-state index in [0.29, 0.717) is 23.2 Å². The maximum absolute atomic E-state index is 13.4. The summed E-state index contributed by atoms with van der Waals surface area (Å²) in [6.45, 7) is 9.42. The molecule has 0 bridgehead atoms. The van der Waals surface area contributed by atoms with Crippen molar-refractivity contribution in [3.63, 3.8) is 0 Å². The molecule has 1 amide bonds.